The lowest BCUT2D eigenvalue weighted by Gasteiger charge is -2.15. The fourth-order valence-corrected chi connectivity index (χ4v) is 2.93. The van der Waals surface area contributed by atoms with Crippen LogP contribution < -0.4 is 5.32 Å². The van der Waals surface area contributed by atoms with Crippen LogP contribution in [0, 0.1) is 0 Å². The summed E-state index contributed by atoms with van der Waals surface area (Å²) in [5.74, 6) is 0.429. The maximum Gasteiger partial charge on any atom is 0.307 e. The van der Waals surface area contributed by atoms with Crippen molar-refractivity contribution in [1.29, 1.82) is 0 Å². The Balaban J connectivity index is 1.70. The van der Waals surface area contributed by atoms with E-state index in [2.05, 4.69) is 10.5 Å². The molecule has 22 heavy (non-hydrogen) atoms. The van der Waals surface area contributed by atoms with Gasteiger partial charge in [-0.1, -0.05) is 11.2 Å². The molecule has 0 radical (unpaired) electrons. The van der Waals surface area contributed by atoms with Crippen molar-refractivity contribution in [2.75, 3.05) is 7.11 Å². The number of nitrogens with zero attached hydrogens (tertiary/aromatic N) is 1. The van der Waals surface area contributed by atoms with E-state index in [0.29, 0.717) is 5.92 Å². The number of aromatic nitrogens is 1. The van der Waals surface area contributed by atoms with Crippen LogP contribution in [-0.2, 0) is 9.53 Å². The molecule has 2 heterocycles. The summed E-state index contributed by atoms with van der Waals surface area (Å²) >= 11 is 1.47. The summed E-state index contributed by atoms with van der Waals surface area (Å²) in [6.45, 7) is 0. The SMILES string of the molecule is COC(=O)CC(NC(=O)c1cc(C2CC2)on1)c1cccs1. The Morgan fingerprint density at radius 1 is 1.55 bits per heavy atom. The van der Waals surface area contributed by atoms with Crippen molar-refractivity contribution >= 4 is 23.2 Å². The number of ether oxygens (including phenoxy) is 1. The van der Waals surface area contributed by atoms with Crippen molar-refractivity contribution < 1.29 is 18.8 Å². The minimum Gasteiger partial charge on any atom is -0.469 e. The van der Waals surface area contributed by atoms with Crippen LogP contribution in [0.4, 0.5) is 0 Å². The second-order valence-electron chi connectivity index (χ2n) is 5.21. The zero-order valence-corrected chi connectivity index (χ0v) is 12.9. The van der Waals surface area contributed by atoms with Gasteiger partial charge in [0.1, 0.15) is 5.76 Å². The molecule has 1 aliphatic carbocycles. The molecule has 2 aromatic heterocycles. The lowest BCUT2D eigenvalue weighted by atomic mass is 10.1. The van der Waals surface area contributed by atoms with Crippen molar-refractivity contribution in [3.63, 3.8) is 0 Å². The highest BCUT2D eigenvalue weighted by molar-refractivity contribution is 7.10. The average molecular weight is 320 g/mol. The van der Waals surface area contributed by atoms with E-state index >= 15 is 0 Å². The fourth-order valence-electron chi connectivity index (χ4n) is 2.15. The maximum absolute atomic E-state index is 12.3. The number of carbonyl (C=O) groups is 2. The molecule has 1 atom stereocenters. The van der Waals surface area contributed by atoms with Crippen LogP contribution in [0.1, 0.15) is 52.3 Å². The molecule has 0 aliphatic heterocycles. The van der Waals surface area contributed by atoms with Crippen molar-refractivity contribution in [2.45, 2.75) is 31.2 Å². The number of esters is 1. The van der Waals surface area contributed by atoms with Crippen LogP contribution in [0.2, 0.25) is 0 Å². The Morgan fingerprint density at radius 3 is 3.00 bits per heavy atom. The van der Waals surface area contributed by atoms with E-state index in [-0.39, 0.29) is 24.0 Å². The lowest BCUT2D eigenvalue weighted by Crippen LogP contribution is -2.30. The minimum atomic E-state index is -0.430. The van der Waals surface area contributed by atoms with E-state index in [1.54, 1.807) is 6.07 Å². The van der Waals surface area contributed by atoms with Gasteiger partial charge < -0.3 is 14.6 Å². The predicted octanol–water partition coefficient (Wildman–Crippen LogP) is 2.65. The van der Waals surface area contributed by atoms with E-state index in [1.807, 2.05) is 17.5 Å². The summed E-state index contributed by atoms with van der Waals surface area (Å²) in [5, 5.41) is 8.53. The molecule has 6 nitrogen and oxygen atoms in total. The average Bonchev–Trinajstić information content (AvgIpc) is 3.05. The van der Waals surface area contributed by atoms with Crippen LogP contribution in [0.5, 0.6) is 0 Å². The molecule has 116 valence electrons. The fraction of sp³-hybridized carbons (Fsp3) is 0.400. The van der Waals surface area contributed by atoms with Gasteiger partial charge in [0, 0.05) is 16.9 Å². The number of methoxy groups -OCH3 is 1. The minimum absolute atomic E-state index is 0.0795. The lowest BCUT2D eigenvalue weighted by molar-refractivity contribution is -0.141. The van der Waals surface area contributed by atoms with Crippen LogP contribution >= 0.6 is 11.3 Å². The number of carbonyl (C=O) groups excluding carboxylic acids is 2. The second-order valence-corrected chi connectivity index (χ2v) is 6.19. The molecule has 3 rings (SSSR count). The first-order valence-electron chi connectivity index (χ1n) is 7.05. The Kier molecular flexibility index (Phi) is 4.24. The van der Waals surface area contributed by atoms with E-state index in [1.165, 1.54) is 18.4 Å². The maximum atomic E-state index is 12.3. The van der Waals surface area contributed by atoms with Gasteiger partial charge in [0.25, 0.3) is 5.91 Å². The first kappa shape index (κ1) is 14.8. The monoisotopic (exact) mass is 320 g/mol. The van der Waals surface area contributed by atoms with Gasteiger partial charge in [-0.25, -0.2) is 0 Å². The van der Waals surface area contributed by atoms with Gasteiger partial charge in [-0.15, -0.1) is 11.3 Å². The Morgan fingerprint density at radius 2 is 2.36 bits per heavy atom. The Labute approximate surface area is 131 Å². The smallest absolute Gasteiger partial charge is 0.307 e. The molecule has 1 saturated carbocycles. The molecule has 2 aromatic rings. The zero-order chi connectivity index (χ0) is 15.5. The summed E-state index contributed by atoms with van der Waals surface area (Å²) in [5.41, 5.74) is 0.244. The molecule has 7 heteroatoms. The van der Waals surface area contributed by atoms with Crippen molar-refractivity contribution in [3.05, 3.63) is 39.9 Å². The normalized spacial score (nSPS) is 15.3. The second kappa shape index (κ2) is 6.31. The summed E-state index contributed by atoms with van der Waals surface area (Å²) < 4.78 is 9.87. The van der Waals surface area contributed by atoms with E-state index < -0.39 is 6.04 Å². The van der Waals surface area contributed by atoms with Crippen LogP contribution in [0.3, 0.4) is 0 Å². The quantitative estimate of drug-likeness (QED) is 0.828. The molecule has 1 amide bonds. The predicted molar refractivity (Wildman–Crippen MR) is 79.6 cm³/mol. The van der Waals surface area contributed by atoms with Gasteiger partial charge in [0.15, 0.2) is 5.69 Å². The van der Waals surface area contributed by atoms with Crippen molar-refractivity contribution in [3.8, 4) is 0 Å². The van der Waals surface area contributed by atoms with Crippen molar-refractivity contribution in [2.24, 2.45) is 0 Å². The summed E-state index contributed by atoms with van der Waals surface area (Å²) in [6, 6.07) is 4.99. The molecular formula is C15H16N2O4S. The van der Waals surface area contributed by atoms with Crippen LogP contribution in [0.25, 0.3) is 0 Å². The molecular weight excluding hydrogens is 304 g/mol. The number of nitrogens with one attached hydrogen (secondary N) is 1. The summed E-state index contributed by atoms with van der Waals surface area (Å²) in [4.78, 5) is 24.7. The van der Waals surface area contributed by atoms with Gasteiger partial charge >= 0.3 is 5.97 Å². The van der Waals surface area contributed by atoms with Gasteiger partial charge in [-0.3, -0.25) is 9.59 Å². The number of hydrogen-bond acceptors (Lipinski definition) is 6. The zero-order valence-electron chi connectivity index (χ0n) is 12.1. The highest BCUT2D eigenvalue weighted by atomic mass is 32.1. The van der Waals surface area contributed by atoms with Gasteiger partial charge in [-0.2, -0.15) is 0 Å². The molecule has 0 saturated heterocycles. The first-order valence-corrected chi connectivity index (χ1v) is 7.93. The van der Waals surface area contributed by atoms with Crippen LogP contribution in [-0.4, -0.2) is 24.1 Å². The molecule has 0 bridgehead atoms. The van der Waals surface area contributed by atoms with Gasteiger partial charge in [0.05, 0.1) is 19.6 Å². The largest absolute Gasteiger partial charge is 0.469 e. The Bertz CT molecular complexity index is 661. The topological polar surface area (TPSA) is 81.4 Å². The van der Waals surface area contributed by atoms with Gasteiger partial charge in [0.2, 0.25) is 0 Å². The number of rotatable bonds is 6. The Hall–Kier alpha value is -2.15. The number of thiophene rings is 1. The van der Waals surface area contributed by atoms with E-state index in [9.17, 15) is 9.59 Å². The van der Waals surface area contributed by atoms with Crippen molar-refractivity contribution in [1.82, 2.24) is 10.5 Å². The number of hydrogen-bond donors (Lipinski definition) is 1. The van der Waals surface area contributed by atoms with E-state index in [4.69, 9.17) is 9.26 Å². The standard InChI is InChI=1S/C15H16N2O4S/c1-20-14(18)8-10(13-3-2-6-22-13)16-15(19)11-7-12(21-17-11)9-4-5-9/h2-3,6-7,9-10H,4-5,8H2,1H3,(H,16,19). The number of amides is 1. The third-order valence-corrected chi connectivity index (χ3v) is 4.52. The molecule has 0 spiro atoms. The third kappa shape index (κ3) is 3.36. The molecule has 1 aliphatic rings. The highest BCUT2D eigenvalue weighted by Gasteiger charge is 2.29. The summed E-state index contributed by atoms with van der Waals surface area (Å²) in [6.07, 6.45) is 2.24. The summed E-state index contributed by atoms with van der Waals surface area (Å²) in [7, 11) is 1.33. The molecule has 1 unspecified atom stereocenters. The highest BCUT2D eigenvalue weighted by Crippen LogP contribution is 2.40. The molecule has 0 aromatic carbocycles. The van der Waals surface area contributed by atoms with Crippen LogP contribution in [0.15, 0.2) is 28.1 Å². The molecule has 1 N–H and O–H groups in total. The van der Waals surface area contributed by atoms with Gasteiger partial charge in [-0.05, 0) is 24.3 Å². The van der Waals surface area contributed by atoms with E-state index in [0.717, 1.165) is 23.5 Å². The third-order valence-electron chi connectivity index (χ3n) is 3.53. The first-order chi connectivity index (χ1) is 10.7. The molecule has 1 fully saturated rings.